The van der Waals surface area contributed by atoms with Gasteiger partial charge >= 0.3 is 0 Å². The highest BCUT2D eigenvalue weighted by molar-refractivity contribution is 7.14. The summed E-state index contributed by atoms with van der Waals surface area (Å²) in [5.74, 6) is -0.134. The maximum atomic E-state index is 12.3. The number of aryl methyl sites for hydroxylation is 2. The summed E-state index contributed by atoms with van der Waals surface area (Å²) in [6.07, 6.45) is 0. The molecule has 2 aromatic carbocycles. The summed E-state index contributed by atoms with van der Waals surface area (Å²) in [5, 5.41) is 5.52. The molecule has 0 aliphatic carbocycles. The Bertz CT molecular complexity index is 871. The second-order valence-electron chi connectivity index (χ2n) is 5.99. The molecule has 122 valence electrons. The number of rotatable bonds is 3. The van der Waals surface area contributed by atoms with Gasteiger partial charge in [0.25, 0.3) is 5.91 Å². The van der Waals surface area contributed by atoms with Crippen LogP contribution in [0.2, 0.25) is 0 Å². The van der Waals surface area contributed by atoms with Crippen LogP contribution in [0.15, 0.2) is 41.8 Å². The molecule has 3 nitrogen and oxygen atoms in total. The van der Waals surface area contributed by atoms with E-state index < -0.39 is 0 Å². The summed E-state index contributed by atoms with van der Waals surface area (Å²) in [4.78, 5) is 16.9. The van der Waals surface area contributed by atoms with Crippen molar-refractivity contribution in [3.63, 3.8) is 0 Å². The summed E-state index contributed by atoms with van der Waals surface area (Å²) in [6, 6.07) is 11.4. The van der Waals surface area contributed by atoms with Crippen molar-refractivity contribution in [2.75, 3.05) is 5.32 Å². The minimum Gasteiger partial charge on any atom is -0.298 e. The maximum Gasteiger partial charge on any atom is 0.257 e. The Hall–Kier alpha value is -2.46. The van der Waals surface area contributed by atoms with Gasteiger partial charge in [0.2, 0.25) is 0 Å². The highest BCUT2D eigenvalue weighted by Gasteiger charge is 2.15. The van der Waals surface area contributed by atoms with Crippen LogP contribution in [-0.4, -0.2) is 10.9 Å². The fourth-order valence-electron chi connectivity index (χ4n) is 2.81. The van der Waals surface area contributed by atoms with Gasteiger partial charge in [-0.3, -0.25) is 10.1 Å². The van der Waals surface area contributed by atoms with E-state index in [-0.39, 0.29) is 5.91 Å². The molecule has 0 aliphatic rings. The van der Waals surface area contributed by atoms with E-state index >= 15 is 0 Å². The summed E-state index contributed by atoms with van der Waals surface area (Å²) in [6.45, 7) is 8.49. The standard InChI is InChI=1S/C20H20N2OS/c1-12-10-13(2)15(4)18(14(12)3)17-11-24-20(21-17)22-19(23)16-8-6-5-7-9-16/h5-11H,1-4H3,(H,21,22,23). The van der Waals surface area contributed by atoms with Gasteiger partial charge in [0.05, 0.1) is 5.69 Å². The third-order valence-corrected chi connectivity index (χ3v) is 5.14. The van der Waals surface area contributed by atoms with Crippen molar-refractivity contribution in [3.05, 3.63) is 69.6 Å². The average molecular weight is 336 g/mol. The summed E-state index contributed by atoms with van der Waals surface area (Å²) in [7, 11) is 0. The Morgan fingerprint density at radius 2 is 1.62 bits per heavy atom. The van der Waals surface area contributed by atoms with Gasteiger partial charge in [0, 0.05) is 16.5 Å². The van der Waals surface area contributed by atoms with Gasteiger partial charge in [0.1, 0.15) is 0 Å². The quantitative estimate of drug-likeness (QED) is 0.705. The Labute approximate surface area is 146 Å². The van der Waals surface area contributed by atoms with Gasteiger partial charge in [0.15, 0.2) is 5.13 Å². The van der Waals surface area contributed by atoms with Gasteiger partial charge in [-0.05, 0) is 62.1 Å². The predicted octanol–water partition coefficient (Wildman–Crippen LogP) is 5.30. The zero-order valence-electron chi connectivity index (χ0n) is 14.3. The van der Waals surface area contributed by atoms with E-state index in [1.807, 2.05) is 23.6 Å². The number of anilines is 1. The first-order valence-electron chi connectivity index (χ1n) is 7.87. The first-order chi connectivity index (χ1) is 11.5. The van der Waals surface area contributed by atoms with Crippen LogP contribution in [0.25, 0.3) is 11.3 Å². The molecule has 0 fully saturated rings. The Morgan fingerprint density at radius 1 is 1.00 bits per heavy atom. The van der Waals surface area contributed by atoms with Crippen molar-refractivity contribution in [2.45, 2.75) is 27.7 Å². The maximum absolute atomic E-state index is 12.3. The van der Waals surface area contributed by atoms with Crippen molar-refractivity contribution in [3.8, 4) is 11.3 Å². The van der Waals surface area contributed by atoms with E-state index in [0.29, 0.717) is 10.7 Å². The van der Waals surface area contributed by atoms with Crippen molar-refractivity contribution in [1.29, 1.82) is 0 Å². The number of nitrogens with one attached hydrogen (secondary N) is 1. The van der Waals surface area contributed by atoms with Crippen molar-refractivity contribution in [1.82, 2.24) is 4.98 Å². The van der Waals surface area contributed by atoms with E-state index in [9.17, 15) is 4.79 Å². The molecule has 0 saturated heterocycles. The summed E-state index contributed by atoms with van der Waals surface area (Å²) >= 11 is 1.45. The van der Waals surface area contributed by atoms with Gasteiger partial charge < -0.3 is 0 Å². The summed E-state index contributed by atoms with van der Waals surface area (Å²) in [5.41, 5.74) is 7.72. The largest absolute Gasteiger partial charge is 0.298 e. The van der Waals surface area contributed by atoms with E-state index in [1.54, 1.807) is 12.1 Å². The van der Waals surface area contributed by atoms with Gasteiger partial charge in [-0.15, -0.1) is 11.3 Å². The van der Waals surface area contributed by atoms with Crippen LogP contribution >= 0.6 is 11.3 Å². The van der Waals surface area contributed by atoms with Crippen molar-refractivity contribution < 1.29 is 4.79 Å². The number of thiazole rings is 1. The molecule has 4 heteroatoms. The molecule has 1 N–H and O–H groups in total. The molecule has 1 heterocycles. The molecule has 3 aromatic rings. The van der Waals surface area contributed by atoms with Crippen LogP contribution in [0, 0.1) is 27.7 Å². The smallest absolute Gasteiger partial charge is 0.257 e. The first-order valence-corrected chi connectivity index (χ1v) is 8.75. The fraction of sp³-hybridized carbons (Fsp3) is 0.200. The van der Waals surface area contributed by atoms with Crippen LogP contribution in [-0.2, 0) is 0 Å². The Morgan fingerprint density at radius 3 is 2.25 bits per heavy atom. The minimum atomic E-state index is -0.134. The van der Waals surface area contributed by atoms with Crippen molar-refractivity contribution in [2.24, 2.45) is 0 Å². The van der Waals surface area contributed by atoms with Gasteiger partial charge in [-0.1, -0.05) is 24.3 Å². The molecule has 24 heavy (non-hydrogen) atoms. The number of nitrogens with zero attached hydrogens (tertiary/aromatic N) is 1. The normalized spacial score (nSPS) is 10.7. The van der Waals surface area contributed by atoms with E-state index in [2.05, 4.69) is 44.1 Å². The lowest BCUT2D eigenvalue weighted by atomic mass is 9.93. The molecule has 0 radical (unpaired) electrons. The first kappa shape index (κ1) is 16.4. The summed E-state index contributed by atoms with van der Waals surface area (Å²) < 4.78 is 0. The third kappa shape index (κ3) is 3.10. The Balaban J connectivity index is 1.91. The second-order valence-corrected chi connectivity index (χ2v) is 6.85. The fourth-order valence-corrected chi connectivity index (χ4v) is 3.50. The number of amides is 1. The molecule has 0 spiro atoms. The zero-order chi connectivity index (χ0) is 17.3. The molecule has 1 amide bonds. The third-order valence-electron chi connectivity index (χ3n) is 4.38. The monoisotopic (exact) mass is 336 g/mol. The number of hydrogen-bond acceptors (Lipinski definition) is 3. The number of hydrogen-bond donors (Lipinski definition) is 1. The molecular weight excluding hydrogens is 316 g/mol. The van der Waals surface area contributed by atoms with Crippen LogP contribution in [0.4, 0.5) is 5.13 Å². The number of carbonyl (C=O) groups is 1. The lowest BCUT2D eigenvalue weighted by Gasteiger charge is -2.13. The predicted molar refractivity (Wildman–Crippen MR) is 101 cm³/mol. The van der Waals surface area contributed by atoms with E-state index in [1.165, 1.54) is 39.2 Å². The highest BCUT2D eigenvalue weighted by atomic mass is 32.1. The molecule has 1 aromatic heterocycles. The van der Waals surface area contributed by atoms with Crippen LogP contribution in [0.3, 0.4) is 0 Å². The lowest BCUT2D eigenvalue weighted by Crippen LogP contribution is -2.11. The van der Waals surface area contributed by atoms with Crippen LogP contribution in [0.1, 0.15) is 32.6 Å². The molecule has 0 atom stereocenters. The van der Waals surface area contributed by atoms with Crippen LogP contribution in [0.5, 0.6) is 0 Å². The van der Waals surface area contributed by atoms with E-state index in [0.717, 1.165) is 5.69 Å². The molecular formula is C20H20N2OS. The molecule has 0 saturated carbocycles. The molecule has 0 unspecified atom stereocenters. The Kier molecular flexibility index (Phi) is 4.49. The second kappa shape index (κ2) is 6.57. The SMILES string of the molecule is Cc1cc(C)c(C)c(-c2csc(NC(=O)c3ccccc3)n2)c1C. The van der Waals surface area contributed by atoms with Crippen LogP contribution < -0.4 is 5.32 Å². The average Bonchev–Trinajstić information content (AvgIpc) is 3.02. The van der Waals surface area contributed by atoms with Crippen molar-refractivity contribution >= 4 is 22.4 Å². The zero-order valence-corrected chi connectivity index (χ0v) is 15.1. The number of aromatic nitrogens is 1. The minimum absolute atomic E-state index is 0.134. The molecule has 3 rings (SSSR count). The van der Waals surface area contributed by atoms with Gasteiger partial charge in [-0.25, -0.2) is 4.98 Å². The van der Waals surface area contributed by atoms with E-state index in [4.69, 9.17) is 0 Å². The number of carbonyl (C=O) groups excluding carboxylic acids is 1. The molecule has 0 bridgehead atoms. The van der Waals surface area contributed by atoms with Gasteiger partial charge in [-0.2, -0.15) is 0 Å². The molecule has 0 aliphatic heterocycles. The topological polar surface area (TPSA) is 42.0 Å². The highest BCUT2D eigenvalue weighted by Crippen LogP contribution is 2.33. The lowest BCUT2D eigenvalue weighted by molar-refractivity contribution is 0.102. The number of benzene rings is 2.